The molecule has 0 spiro atoms. The number of anilines is 2. The first kappa shape index (κ1) is 17.0. The van der Waals surface area contributed by atoms with Gasteiger partial charge >= 0.3 is 0 Å². The van der Waals surface area contributed by atoms with Gasteiger partial charge in [0.25, 0.3) is 0 Å². The molecule has 0 radical (unpaired) electrons. The van der Waals surface area contributed by atoms with Crippen LogP contribution in [0.15, 0.2) is 59.1 Å². The van der Waals surface area contributed by atoms with Crippen LogP contribution in [0.3, 0.4) is 0 Å². The van der Waals surface area contributed by atoms with E-state index in [4.69, 9.17) is 4.52 Å². The molecule has 0 saturated carbocycles. The summed E-state index contributed by atoms with van der Waals surface area (Å²) >= 11 is 0. The van der Waals surface area contributed by atoms with Gasteiger partial charge in [-0.05, 0) is 24.3 Å². The van der Waals surface area contributed by atoms with Gasteiger partial charge in [-0.1, -0.05) is 35.5 Å². The van der Waals surface area contributed by atoms with Gasteiger partial charge in [-0.3, -0.25) is 9.59 Å². The normalized spacial score (nSPS) is 16.6. The van der Waals surface area contributed by atoms with Crippen LogP contribution < -0.4 is 10.2 Å². The number of nitrogens with one attached hydrogen (secondary N) is 1. The Morgan fingerprint density at radius 1 is 1.19 bits per heavy atom. The number of aromatic nitrogens is 2. The van der Waals surface area contributed by atoms with Gasteiger partial charge in [-0.2, -0.15) is 4.98 Å². The molecule has 7 nitrogen and oxygen atoms in total. The van der Waals surface area contributed by atoms with Crippen molar-refractivity contribution in [2.45, 2.75) is 13.3 Å². The summed E-state index contributed by atoms with van der Waals surface area (Å²) in [6.07, 6.45) is 0.199. The Bertz CT molecular complexity index is 984. The lowest BCUT2D eigenvalue weighted by molar-refractivity contribution is -0.122. The molecule has 2 heterocycles. The van der Waals surface area contributed by atoms with Gasteiger partial charge < -0.3 is 14.7 Å². The maximum Gasteiger partial charge on any atom is 0.229 e. The quantitative estimate of drug-likeness (QED) is 0.771. The van der Waals surface area contributed by atoms with Gasteiger partial charge in [-0.25, -0.2) is 0 Å². The molecule has 0 aliphatic carbocycles. The van der Waals surface area contributed by atoms with Crippen LogP contribution in [0.2, 0.25) is 0 Å². The highest BCUT2D eigenvalue weighted by Crippen LogP contribution is 2.26. The van der Waals surface area contributed by atoms with Crippen molar-refractivity contribution in [3.63, 3.8) is 0 Å². The average Bonchev–Trinajstić information content (AvgIpc) is 3.29. The number of amides is 2. The molecule has 1 N–H and O–H groups in total. The second kappa shape index (κ2) is 7.03. The summed E-state index contributed by atoms with van der Waals surface area (Å²) in [7, 11) is 0. The highest BCUT2D eigenvalue weighted by atomic mass is 16.5. The highest BCUT2D eigenvalue weighted by Gasteiger charge is 2.35. The minimum Gasteiger partial charge on any atom is -0.339 e. The van der Waals surface area contributed by atoms with Crippen LogP contribution in [-0.2, 0) is 9.59 Å². The Morgan fingerprint density at radius 3 is 2.74 bits per heavy atom. The molecular formula is C20H18N4O3. The number of carbonyl (C=O) groups is 2. The fourth-order valence-electron chi connectivity index (χ4n) is 3.14. The number of para-hydroxylation sites is 1. The van der Waals surface area contributed by atoms with E-state index in [1.54, 1.807) is 24.0 Å². The van der Waals surface area contributed by atoms with Crippen molar-refractivity contribution >= 4 is 23.2 Å². The molecule has 27 heavy (non-hydrogen) atoms. The standard InChI is InChI=1S/C20H18N4O3/c1-13-21-19(23-27-13)14-6-5-7-16(10-14)22-20(26)15-11-18(25)24(12-15)17-8-3-2-4-9-17/h2-10,15H,11-12H2,1H3,(H,22,26)/t15-/m1/s1. The third-order valence-corrected chi connectivity index (χ3v) is 4.48. The Kier molecular flexibility index (Phi) is 4.42. The first-order valence-corrected chi connectivity index (χ1v) is 8.67. The van der Waals surface area contributed by atoms with Gasteiger partial charge in [-0.15, -0.1) is 0 Å². The van der Waals surface area contributed by atoms with Gasteiger partial charge in [0.05, 0.1) is 5.92 Å². The summed E-state index contributed by atoms with van der Waals surface area (Å²) in [5.41, 5.74) is 2.19. The molecule has 4 rings (SSSR count). The fourth-order valence-corrected chi connectivity index (χ4v) is 3.14. The van der Waals surface area contributed by atoms with Crippen LogP contribution in [-0.4, -0.2) is 28.5 Å². The minimum absolute atomic E-state index is 0.0441. The zero-order valence-electron chi connectivity index (χ0n) is 14.8. The van der Waals surface area contributed by atoms with Gasteiger partial charge in [0.2, 0.25) is 23.5 Å². The smallest absolute Gasteiger partial charge is 0.229 e. The second-order valence-corrected chi connectivity index (χ2v) is 6.45. The largest absolute Gasteiger partial charge is 0.339 e. The SMILES string of the molecule is Cc1nc(-c2cccc(NC(=O)[C@@H]3CC(=O)N(c4ccccc4)C3)c2)no1. The van der Waals surface area contributed by atoms with E-state index >= 15 is 0 Å². The summed E-state index contributed by atoms with van der Waals surface area (Å²) in [4.78, 5) is 30.8. The van der Waals surface area contributed by atoms with E-state index in [0.717, 1.165) is 11.3 Å². The van der Waals surface area contributed by atoms with Crippen LogP contribution in [0.25, 0.3) is 11.4 Å². The van der Waals surface area contributed by atoms with Crippen molar-refractivity contribution in [1.82, 2.24) is 10.1 Å². The van der Waals surface area contributed by atoms with Crippen LogP contribution in [0, 0.1) is 12.8 Å². The van der Waals surface area contributed by atoms with Crippen molar-refractivity contribution in [1.29, 1.82) is 0 Å². The molecular weight excluding hydrogens is 344 g/mol. The van der Waals surface area contributed by atoms with Gasteiger partial charge in [0.1, 0.15) is 0 Å². The number of carbonyl (C=O) groups excluding carboxylic acids is 2. The van der Waals surface area contributed by atoms with Crippen molar-refractivity contribution in [3.8, 4) is 11.4 Å². The van der Waals surface area contributed by atoms with E-state index < -0.39 is 5.92 Å². The number of nitrogens with zero attached hydrogens (tertiary/aromatic N) is 3. The van der Waals surface area contributed by atoms with Crippen LogP contribution in [0.5, 0.6) is 0 Å². The highest BCUT2D eigenvalue weighted by molar-refractivity contribution is 6.03. The van der Waals surface area contributed by atoms with Gasteiger partial charge in [0, 0.05) is 36.8 Å². The number of rotatable bonds is 4. The molecule has 1 aliphatic rings. The summed E-state index contributed by atoms with van der Waals surface area (Å²) in [6.45, 7) is 2.09. The molecule has 2 amide bonds. The molecule has 0 bridgehead atoms. The maximum atomic E-state index is 12.6. The summed E-state index contributed by atoms with van der Waals surface area (Å²) in [5.74, 6) is 0.328. The summed E-state index contributed by atoms with van der Waals surface area (Å²) in [6, 6.07) is 16.6. The van der Waals surface area contributed by atoms with Crippen molar-refractivity contribution in [2.75, 3.05) is 16.8 Å². The summed E-state index contributed by atoms with van der Waals surface area (Å²) < 4.78 is 5.00. The number of benzene rings is 2. The van der Waals surface area contributed by atoms with E-state index in [-0.39, 0.29) is 18.2 Å². The van der Waals surface area contributed by atoms with Crippen molar-refractivity contribution in [2.24, 2.45) is 5.92 Å². The molecule has 136 valence electrons. The van der Waals surface area contributed by atoms with E-state index in [2.05, 4.69) is 15.5 Å². The molecule has 7 heteroatoms. The maximum absolute atomic E-state index is 12.6. The number of hydrogen-bond donors (Lipinski definition) is 1. The molecule has 1 saturated heterocycles. The number of aryl methyl sites for hydroxylation is 1. The molecule has 1 fully saturated rings. The third-order valence-electron chi connectivity index (χ3n) is 4.48. The molecule has 1 atom stereocenters. The fraction of sp³-hybridized carbons (Fsp3) is 0.200. The predicted molar refractivity (Wildman–Crippen MR) is 100 cm³/mol. The predicted octanol–water partition coefficient (Wildman–Crippen LogP) is 3.04. The first-order chi connectivity index (χ1) is 13.1. The lowest BCUT2D eigenvalue weighted by Crippen LogP contribution is -2.28. The van der Waals surface area contributed by atoms with E-state index in [1.807, 2.05) is 42.5 Å². The average molecular weight is 362 g/mol. The third kappa shape index (κ3) is 3.57. The Balaban J connectivity index is 1.46. The first-order valence-electron chi connectivity index (χ1n) is 8.67. The van der Waals surface area contributed by atoms with E-state index in [1.165, 1.54) is 0 Å². The molecule has 1 aliphatic heterocycles. The lowest BCUT2D eigenvalue weighted by Gasteiger charge is -2.16. The molecule has 3 aromatic rings. The molecule has 2 aromatic carbocycles. The Labute approximate surface area is 156 Å². The zero-order chi connectivity index (χ0) is 18.8. The van der Waals surface area contributed by atoms with E-state index in [9.17, 15) is 9.59 Å². The van der Waals surface area contributed by atoms with Crippen LogP contribution >= 0.6 is 0 Å². The lowest BCUT2D eigenvalue weighted by atomic mass is 10.1. The van der Waals surface area contributed by atoms with Crippen molar-refractivity contribution in [3.05, 3.63) is 60.5 Å². The summed E-state index contributed by atoms with van der Waals surface area (Å²) in [5, 5.41) is 6.78. The Hall–Kier alpha value is -3.48. The Morgan fingerprint density at radius 2 is 2.00 bits per heavy atom. The van der Waals surface area contributed by atoms with Gasteiger partial charge in [0.15, 0.2) is 0 Å². The second-order valence-electron chi connectivity index (χ2n) is 6.45. The van der Waals surface area contributed by atoms with Crippen LogP contribution in [0.4, 0.5) is 11.4 Å². The molecule has 1 aromatic heterocycles. The zero-order valence-corrected chi connectivity index (χ0v) is 14.8. The monoisotopic (exact) mass is 362 g/mol. The van der Waals surface area contributed by atoms with Crippen molar-refractivity contribution < 1.29 is 14.1 Å². The topological polar surface area (TPSA) is 88.3 Å². The van der Waals surface area contributed by atoms with E-state index in [0.29, 0.717) is 23.9 Å². The van der Waals surface area contributed by atoms with Crippen LogP contribution in [0.1, 0.15) is 12.3 Å². The number of hydrogen-bond acceptors (Lipinski definition) is 5. The minimum atomic E-state index is -0.395. The molecule has 0 unspecified atom stereocenters.